The zero-order valence-corrected chi connectivity index (χ0v) is 16.0. The normalized spacial score (nSPS) is 16.1. The summed E-state index contributed by atoms with van der Waals surface area (Å²) in [5.74, 6) is -0.853. The third kappa shape index (κ3) is 3.72. The summed E-state index contributed by atoms with van der Waals surface area (Å²) in [5, 5.41) is 2.79. The van der Waals surface area contributed by atoms with Gasteiger partial charge in [0.25, 0.3) is 0 Å². The van der Waals surface area contributed by atoms with Crippen LogP contribution in [-0.2, 0) is 22.4 Å². The molecule has 1 heterocycles. The third-order valence-corrected chi connectivity index (χ3v) is 5.17. The molecule has 0 spiro atoms. The second-order valence-corrected chi connectivity index (χ2v) is 7.58. The number of fused-ring (bicyclic) bond motifs is 1. The number of carbonyl (C=O) groups excluding carboxylic acids is 2. The van der Waals surface area contributed by atoms with Crippen molar-refractivity contribution in [2.45, 2.75) is 39.7 Å². The highest BCUT2D eigenvalue weighted by atomic mass is 19.1. The molecule has 0 fully saturated rings. The van der Waals surface area contributed by atoms with E-state index in [1.165, 1.54) is 6.07 Å². The van der Waals surface area contributed by atoms with Gasteiger partial charge in [-0.1, -0.05) is 36.4 Å². The highest BCUT2D eigenvalue weighted by Gasteiger charge is 2.43. The van der Waals surface area contributed by atoms with Gasteiger partial charge in [-0.3, -0.25) is 9.59 Å². The maximum atomic E-state index is 13.7. The first kappa shape index (κ1) is 19.1. The Kier molecular flexibility index (Phi) is 5.31. The van der Waals surface area contributed by atoms with Crippen LogP contribution in [-0.4, -0.2) is 24.4 Å². The van der Waals surface area contributed by atoms with Crippen molar-refractivity contribution in [3.63, 3.8) is 0 Å². The van der Waals surface area contributed by atoms with Gasteiger partial charge in [0.1, 0.15) is 11.2 Å². The van der Waals surface area contributed by atoms with Gasteiger partial charge in [0.15, 0.2) is 0 Å². The fourth-order valence-corrected chi connectivity index (χ4v) is 3.51. The van der Waals surface area contributed by atoms with Gasteiger partial charge in [0, 0.05) is 18.3 Å². The van der Waals surface area contributed by atoms with Gasteiger partial charge in [-0.15, -0.1) is 0 Å². The van der Waals surface area contributed by atoms with Gasteiger partial charge in [0.05, 0.1) is 0 Å². The fourth-order valence-electron chi connectivity index (χ4n) is 3.51. The second-order valence-electron chi connectivity index (χ2n) is 7.58. The predicted molar refractivity (Wildman–Crippen MR) is 104 cm³/mol. The minimum atomic E-state index is -1.21. The van der Waals surface area contributed by atoms with E-state index >= 15 is 0 Å². The van der Waals surface area contributed by atoms with E-state index < -0.39 is 5.41 Å². The molecular weight excluding hydrogens is 343 g/mol. The Morgan fingerprint density at radius 1 is 1.15 bits per heavy atom. The van der Waals surface area contributed by atoms with Crippen LogP contribution in [0.1, 0.15) is 31.9 Å². The van der Waals surface area contributed by atoms with E-state index in [1.54, 1.807) is 36.9 Å². The number of nitrogens with one attached hydrogen (secondary N) is 1. The van der Waals surface area contributed by atoms with Crippen LogP contribution in [0.4, 0.5) is 10.1 Å². The first-order chi connectivity index (χ1) is 12.8. The molecule has 3 rings (SSSR count). The monoisotopic (exact) mass is 368 g/mol. The minimum absolute atomic E-state index is 0.0142. The number of hydrogen-bond donors (Lipinski definition) is 1. The average Bonchev–Trinajstić information content (AvgIpc) is 2.98. The fraction of sp³-hybridized carbons (Fsp3) is 0.364. The van der Waals surface area contributed by atoms with Crippen LogP contribution in [0.2, 0.25) is 0 Å². The molecule has 1 atom stereocenters. The molecule has 1 unspecified atom stereocenters. The molecular formula is C22H25FN2O2. The van der Waals surface area contributed by atoms with Crippen molar-refractivity contribution in [2.24, 2.45) is 5.41 Å². The number of para-hydroxylation sites is 1. The van der Waals surface area contributed by atoms with Crippen LogP contribution in [0.15, 0.2) is 48.5 Å². The van der Waals surface area contributed by atoms with Crippen molar-refractivity contribution in [1.29, 1.82) is 0 Å². The maximum absolute atomic E-state index is 13.7. The summed E-state index contributed by atoms with van der Waals surface area (Å²) in [5.41, 5.74) is 1.33. The molecule has 0 saturated heterocycles. The Labute approximate surface area is 159 Å². The summed E-state index contributed by atoms with van der Waals surface area (Å²) in [4.78, 5) is 27.6. The van der Waals surface area contributed by atoms with Gasteiger partial charge in [-0.2, -0.15) is 0 Å². The first-order valence-electron chi connectivity index (χ1n) is 9.25. The van der Waals surface area contributed by atoms with Gasteiger partial charge >= 0.3 is 0 Å². The van der Waals surface area contributed by atoms with Crippen LogP contribution >= 0.6 is 0 Å². The molecule has 1 N–H and O–H groups in total. The average molecular weight is 368 g/mol. The molecule has 0 aliphatic carbocycles. The van der Waals surface area contributed by atoms with Crippen LogP contribution in [0.25, 0.3) is 0 Å². The predicted octanol–water partition coefficient (Wildman–Crippen LogP) is 3.49. The number of rotatable bonds is 5. The van der Waals surface area contributed by atoms with Crippen molar-refractivity contribution in [1.82, 2.24) is 5.32 Å². The van der Waals surface area contributed by atoms with E-state index in [0.29, 0.717) is 12.0 Å². The molecule has 1 aliphatic heterocycles. The Morgan fingerprint density at radius 3 is 2.56 bits per heavy atom. The van der Waals surface area contributed by atoms with E-state index in [4.69, 9.17) is 0 Å². The van der Waals surface area contributed by atoms with E-state index in [2.05, 4.69) is 5.32 Å². The number of carbonyl (C=O) groups is 2. The SMILES string of the molecule is CC1Cc2ccccc2N1C(=O)C(C)(C)C(=O)NCCc1ccccc1F. The van der Waals surface area contributed by atoms with Crippen LogP contribution < -0.4 is 10.2 Å². The van der Waals surface area contributed by atoms with E-state index in [-0.39, 0.29) is 30.2 Å². The Balaban J connectivity index is 1.67. The summed E-state index contributed by atoms with van der Waals surface area (Å²) in [6, 6.07) is 14.3. The Hall–Kier alpha value is -2.69. The zero-order valence-electron chi connectivity index (χ0n) is 16.0. The molecule has 2 amide bonds. The molecule has 0 aromatic heterocycles. The lowest BCUT2D eigenvalue weighted by Crippen LogP contribution is -2.51. The van der Waals surface area contributed by atoms with E-state index in [1.807, 2.05) is 31.2 Å². The number of anilines is 1. The number of amides is 2. The molecule has 2 aromatic rings. The maximum Gasteiger partial charge on any atom is 0.242 e. The first-order valence-corrected chi connectivity index (χ1v) is 9.25. The van der Waals surface area contributed by atoms with Crippen molar-refractivity contribution in [3.8, 4) is 0 Å². The standard InChI is InChI=1S/C22H25FN2O2/c1-15-14-17-9-5-7-11-19(17)25(15)21(27)22(2,3)20(26)24-13-12-16-8-4-6-10-18(16)23/h4-11,15H,12-14H2,1-3H3,(H,24,26). The summed E-state index contributed by atoms with van der Waals surface area (Å²) < 4.78 is 13.7. The molecule has 0 saturated carbocycles. The number of halogens is 1. The van der Waals surface area contributed by atoms with Crippen molar-refractivity contribution < 1.29 is 14.0 Å². The molecule has 0 bridgehead atoms. The highest BCUT2D eigenvalue weighted by Crippen LogP contribution is 2.35. The molecule has 0 radical (unpaired) electrons. The molecule has 2 aromatic carbocycles. The Morgan fingerprint density at radius 2 is 1.81 bits per heavy atom. The van der Waals surface area contributed by atoms with E-state index in [0.717, 1.165) is 17.7 Å². The van der Waals surface area contributed by atoms with Crippen molar-refractivity contribution in [2.75, 3.05) is 11.4 Å². The lowest BCUT2D eigenvalue weighted by molar-refractivity contribution is -0.139. The number of hydrogen-bond acceptors (Lipinski definition) is 2. The Bertz CT molecular complexity index is 863. The summed E-state index contributed by atoms with van der Waals surface area (Å²) >= 11 is 0. The lowest BCUT2D eigenvalue weighted by atomic mass is 9.89. The quantitative estimate of drug-likeness (QED) is 0.822. The topological polar surface area (TPSA) is 49.4 Å². The zero-order chi connectivity index (χ0) is 19.6. The number of nitrogens with zero attached hydrogens (tertiary/aromatic N) is 1. The largest absolute Gasteiger partial charge is 0.355 e. The van der Waals surface area contributed by atoms with E-state index in [9.17, 15) is 14.0 Å². The summed E-state index contributed by atoms with van der Waals surface area (Å²) in [6.07, 6.45) is 1.17. The molecule has 4 nitrogen and oxygen atoms in total. The van der Waals surface area contributed by atoms with Crippen molar-refractivity contribution >= 4 is 17.5 Å². The summed E-state index contributed by atoms with van der Waals surface area (Å²) in [7, 11) is 0. The van der Waals surface area contributed by atoms with Gasteiger partial charge < -0.3 is 10.2 Å². The highest BCUT2D eigenvalue weighted by molar-refractivity contribution is 6.12. The molecule has 27 heavy (non-hydrogen) atoms. The van der Waals surface area contributed by atoms with Gasteiger partial charge in [0.2, 0.25) is 11.8 Å². The smallest absolute Gasteiger partial charge is 0.242 e. The van der Waals surface area contributed by atoms with Gasteiger partial charge in [-0.05, 0) is 56.9 Å². The van der Waals surface area contributed by atoms with Crippen LogP contribution in [0.5, 0.6) is 0 Å². The van der Waals surface area contributed by atoms with Crippen molar-refractivity contribution in [3.05, 3.63) is 65.5 Å². The summed E-state index contributed by atoms with van der Waals surface area (Å²) in [6.45, 7) is 5.55. The minimum Gasteiger partial charge on any atom is -0.355 e. The van der Waals surface area contributed by atoms with Gasteiger partial charge in [-0.25, -0.2) is 4.39 Å². The van der Waals surface area contributed by atoms with Crippen LogP contribution in [0.3, 0.4) is 0 Å². The number of benzene rings is 2. The molecule has 1 aliphatic rings. The second kappa shape index (κ2) is 7.51. The third-order valence-electron chi connectivity index (χ3n) is 5.17. The van der Waals surface area contributed by atoms with Crippen LogP contribution in [0, 0.1) is 11.2 Å². The molecule has 5 heteroatoms. The molecule has 142 valence electrons. The lowest BCUT2D eigenvalue weighted by Gasteiger charge is -2.31.